The van der Waals surface area contributed by atoms with Gasteiger partial charge in [0.2, 0.25) is 0 Å². The van der Waals surface area contributed by atoms with Crippen LogP contribution in [0.3, 0.4) is 0 Å². The van der Waals surface area contributed by atoms with Crippen LogP contribution in [0.2, 0.25) is 0 Å². The molecule has 0 heterocycles. The number of aliphatic hydroxyl groups is 4. The Bertz CT molecular complexity index is 410. The molecule has 0 bridgehead atoms. The van der Waals surface area contributed by atoms with Crippen LogP contribution in [-0.4, -0.2) is 61.0 Å². The third-order valence-electron chi connectivity index (χ3n) is 5.98. The maximum atomic E-state index is 10.1. The molecule has 0 saturated heterocycles. The molecule has 0 aliphatic carbocycles. The van der Waals surface area contributed by atoms with Gasteiger partial charge in [0, 0.05) is 0 Å². The Morgan fingerprint density at radius 1 is 0.594 bits per heavy atom. The van der Waals surface area contributed by atoms with Crippen molar-refractivity contribution in [3.8, 4) is 0 Å². The van der Waals surface area contributed by atoms with Crippen LogP contribution >= 0.6 is 7.82 Å². The highest BCUT2D eigenvalue weighted by molar-refractivity contribution is 7.45. The molecule has 1 atom stereocenters. The van der Waals surface area contributed by atoms with E-state index in [-0.39, 0.29) is 19.8 Å². The molecule has 0 radical (unpaired) electrons. The number of phosphoric acid groups is 1. The third-order valence-corrected chi connectivity index (χ3v) is 5.98. The summed E-state index contributed by atoms with van der Waals surface area (Å²) in [5.74, 6) is 0. The van der Waals surface area contributed by atoms with Crippen molar-refractivity contribution >= 4 is 7.82 Å². The number of rotatable bonds is 21. The smallest absolute Gasteiger partial charge is 0.396 e. The molecule has 0 aliphatic heterocycles. The SMILES string of the molecule is CCCCCCCCCCCCCCCCCCC(O)C(CO)(CO)CO.O=P(O)(O)O. The van der Waals surface area contributed by atoms with Crippen molar-refractivity contribution < 1.29 is 39.7 Å². The first kappa shape index (κ1) is 34.1. The molecule has 0 fully saturated rings. The summed E-state index contributed by atoms with van der Waals surface area (Å²) in [7, 11) is -4.64. The monoisotopic (exact) mass is 486 g/mol. The highest BCUT2D eigenvalue weighted by Gasteiger charge is 2.35. The van der Waals surface area contributed by atoms with E-state index >= 15 is 0 Å². The van der Waals surface area contributed by atoms with E-state index in [1.165, 1.54) is 89.9 Å². The lowest BCUT2D eigenvalue weighted by molar-refractivity contribution is -0.0863. The molecule has 0 aromatic carbocycles. The van der Waals surface area contributed by atoms with E-state index in [0.29, 0.717) is 6.42 Å². The average molecular weight is 487 g/mol. The Morgan fingerprint density at radius 2 is 0.844 bits per heavy atom. The Morgan fingerprint density at radius 3 is 1.09 bits per heavy atom. The van der Waals surface area contributed by atoms with Gasteiger partial charge in [0.25, 0.3) is 0 Å². The summed E-state index contributed by atoms with van der Waals surface area (Å²) in [6, 6.07) is 0. The van der Waals surface area contributed by atoms with Crippen LogP contribution in [-0.2, 0) is 4.57 Å². The van der Waals surface area contributed by atoms with Crippen LogP contribution in [0.5, 0.6) is 0 Å². The summed E-state index contributed by atoms with van der Waals surface area (Å²) < 4.78 is 8.88. The topological polar surface area (TPSA) is 159 Å². The molecule has 32 heavy (non-hydrogen) atoms. The lowest BCUT2D eigenvalue weighted by Gasteiger charge is -2.32. The first-order chi connectivity index (χ1) is 15.2. The van der Waals surface area contributed by atoms with Crippen molar-refractivity contribution in [3.05, 3.63) is 0 Å². The van der Waals surface area contributed by atoms with E-state index in [2.05, 4.69) is 6.92 Å². The van der Waals surface area contributed by atoms with Crippen molar-refractivity contribution in [1.29, 1.82) is 0 Å². The minimum Gasteiger partial charge on any atom is -0.396 e. The van der Waals surface area contributed by atoms with Crippen LogP contribution in [0.1, 0.15) is 116 Å². The zero-order chi connectivity index (χ0) is 24.7. The molecule has 7 N–H and O–H groups in total. The number of hydrogen-bond donors (Lipinski definition) is 7. The minimum absolute atomic E-state index is 0.389. The highest BCUT2D eigenvalue weighted by atomic mass is 31.2. The summed E-state index contributed by atoms with van der Waals surface area (Å²) in [6.45, 7) is 1.10. The van der Waals surface area contributed by atoms with Crippen LogP contribution < -0.4 is 0 Å². The van der Waals surface area contributed by atoms with Crippen molar-refractivity contribution in [2.24, 2.45) is 5.41 Å². The van der Waals surface area contributed by atoms with Crippen LogP contribution in [0.15, 0.2) is 0 Å². The Balaban J connectivity index is 0. The summed E-state index contributed by atoms with van der Waals surface area (Å²) in [5, 5.41) is 38.0. The zero-order valence-electron chi connectivity index (χ0n) is 20.2. The Labute approximate surface area is 195 Å². The fourth-order valence-corrected chi connectivity index (χ4v) is 3.66. The van der Waals surface area contributed by atoms with Gasteiger partial charge >= 0.3 is 7.82 Å². The van der Waals surface area contributed by atoms with Crippen molar-refractivity contribution in [3.63, 3.8) is 0 Å². The lowest BCUT2D eigenvalue weighted by atomic mass is 9.82. The second-order valence-electron chi connectivity index (χ2n) is 8.96. The average Bonchev–Trinajstić information content (AvgIpc) is 2.74. The van der Waals surface area contributed by atoms with Crippen LogP contribution in [0.25, 0.3) is 0 Å². The van der Waals surface area contributed by atoms with Crippen molar-refractivity contribution in [2.45, 2.75) is 122 Å². The van der Waals surface area contributed by atoms with Crippen molar-refractivity contribution in [2.75, 3.05) is 19.8 Å². The van der Waals surface area contributed by atoms with Crippen molar-refractivity contribution in [1.82, 2.24) is 0 Å². The quantitative estimate of drug-likeness (QED) is 0.0946. The summed E-state index contributed by atoms with van der Waals surface area (Å²) >= 11 is 0. The Hall–Kier alpha value is -0.0500. The van der Waals surface area contributed by atoms with E-state index < -0.39 is 19.3 Å². The van der Waals surface area contributed by atoms with E-state index in [1.807, 2.05) is 0 Å². The van der Waals surface area contributed by atoms with E-state index in [4.69, 9.17) is 19.2 Å². The van der Waals surface area contributed by atoms with E-state index in [9.17, 15) is 20.4 Å². The van der Waals surface area contributed by atoms with Gasteiger partial charge in [-0.15, -0.1) is 0 Å². The van der Waals surface area contributed by atoms with Gasteiger partial charge in [0.15, 0.2) is 0 Å². The normalized spacial score (nSPS) is 13.0. The molecule has 0 aromatic heterocycles. The number of hydrogen-bond acceptors (Lipinski definition) is 5. The standard InChI is InChI=1S/C23H48O4.H3O4P/c1-2-3-4-5-6-7-8-9-10-11-12-13-14-15-16-17-18-22(27)23(19-24,20-25)21-26;1-5(2,3)4/h22,24-27H,2-21H2,1H3;(H3,1,2,3,4). The van der Waals surface area contributed by atoms with E-state index in [0.717, 1.165) is 12.8 Å². The van der Waals surface area contributed by atoms with Gasteiger partial charge in [-0.1, -0.05) is 110 Å². The maximum absolute atomic E-state index is 10.1. The molecular formula is C23H51O8P. The second-order valence-corrected chi connectivity index (χ2v) is 9.98. The minimum atomic E-state index is -4.64. The third kappa shape index (κ3) is 23.1. The summed E-state index contributed by atoms with van der Waals surface area (Å²) in [5.41, 5.74) is -1.16. The first-order valence-corrected chi connectivity index (χ1v) is 14.0. The predicted octanol–water partition coefficient (Wildman–Crippen LogP) is 4.03. The van der Waals surface area contributed by atoms with Crippen LogP contribution in [0, 0.1) is 5.41 Å². The molecule has 1 unspecified atom stereocenters. The molecule has 196 valence electrons. The van der Waals surface area contributed by atoms with Gasteiger partial charge in [-0.3, -0.25) is 0 Å². The van der Waals surface area contributed by atoms with E-state index in [1.54, 1.807) is 0 Å². The summed E-state index contributed by atoms with van der Waals surface area (Å²) in [6.07, 6.45) is 20.6. The molecule has 0 amide bonds. The molecule has 0 spiro atoms. The highest BCUT2D eigenvalue weighted by Crippen LogP contribution is 2.26. The molecule has 9 heteroatoms. The first-order valence-electron chi connectivity index (χ1n) is 12.5. The van der Waals surface area contributed by atoms with Gasteiger partial charge in [-0.05, 0) is 6.42 Å². The zero-order valence-corrected chi connectivity index (χ0v) is 21.1. The maximum Gasteiger partial charge on any atom is 0.466 e. The van der Waals surface area contributed by atoms with Gasteiger partial charge in [-0.25, -0.2) is 4.57 Å². The van der Waals surface area contributed by atoms with Gasteiger partial charge in [0.1, 0.15) is 0 Å². The van der Waals surface area contributed by atoms with Gasteiger partial charge in [-0.2, -0.15) is 0 Å². The van der Waals surface area contributed by atoms with Gasteiger partial charge < -0.3 is 35.1 Å². The fraction of sp³-hybridized carbons (Fsp3) is 1.00. The molecular weight excluding hydrogens is 435 g/mol. The molecule has 0 saturated carbocycles. The number of aliphatic hydroxyl groups excluding tert-OH is 4. The fourth-order valence-electron chi connectivity index (χ4n) is 3.66. The largest absolute Gasteiger partial charge is 0.466 e. The Kier molecular flexibility index (Phi) is 24.2. The molecule has 0 aromatic rings. The second kappa shape index (κ2) is 22.7. The molecule has 8 nitrogen and oxygen atoms in total. The predicted molar refractivity (Wildman–Crippen MR) is 128 cm³/mol. The number of unbranched alkanes of at least 4 members (excludes halogenated alkanes) is 15. The molecule has 0 rings (SSSR count). The lowest BCUT2D eigenvalue weighted by Crippen LogP contribution is -2.45. The van der Waals surface area contributed by atoms with Crippen LogP contribution in [0.4, 0.5) is 0 Å². The van der Waals surface area contributed by atoms with Gasteiger partial charge in [0.05, 0.1) is 31.3 Å². The molecule has 0 aliphatic rings. The summed E-state index contributed by atoms with van der Waals surface area (Å²) in [4.78, 5) is 21.6.